The zero-order chi connectivity index (χ0) is 26.7. The van der Waals surface area contributed by atoms with E-state index in [-0.39, 0.29) is 18.3 Å². The van der Waals surface area contributed by atoms with Crippen LogP contribution in [0.3, 0.4) is 0 Å². The van der Waals surface area contributed by atoms with Gasteiger partial charge in [0.25, 0.3) is 0 Å². The van der Waals surface area contributed by atoms with Crippen LogP contribution < -0.4 is 15.0 Å². The number of benzene rings is 1. The lowest BCUT2D eigenvalue weighted by molar-refractivity contribution is 0.167. The van der Waals surface area contributed by atoms with Crippen LogP contribution in [0.4, 0.5) is 20.6 Å². The normalized spacial score (nSPS) is 16.5. The van der Waals surface area contributed by atoms with E-state index in [1.165, 1.54) is 6.07 Å². The number of rotatable bonds is 3. The Hall–Kier alpha value is -3.98. The number of fused-ring (bicyclic) bond motifs is 2. The van der Waals surface area contributed by atoms with Gasteiger partial charge in [0.15, 0.2) is 0 Å². The van der Waals surface area contributed by atoms with Crippen LogP contribution in [0.15, 0.2) is 36.7 Å². The molecule has 0 spiro atoms. The number of pyridine rings is 2. The Morgan fingerprint density at radius 2 is 2.03 bits per heavy atom. The minimum atomic E-state index is -0.496. The minimum absolute atomic E-state index is 0.256. The molecule has 2 amide bonds. The highest BCUT2D eigenvalue weighted by Gasteiger charge is 2.33. The van der Waals surface area contributed by atoms with Crippen LogP contribution in [0.2, 0.25) is 5.02 Å². The SMILES string of the molecule is Cc1cc2c(cc1N1Cc3c(Cl)cnc(-c4c(C)nn(C)c4C)c3NC1=O)OC(c1ncccc1F)CC2. The Morgan fingerprint density at radius 3 is 2.76 bits per heavy atom. The maximum Gasteiger partial charge on any atom is 0.326 e. The molecule has 4 aromatic rings. The van der Waals surface area contributed by atoms with Gasteiger partial charge in [-0.15, -0.1) is 0 Å². The van der Waals surface area contributed by atoms with Crippen molar-refractivity contribution in [3.05, 3.63) is 81.3 Å². The average Bonchev–Trinajstić information content (AvgIpc) is 3.14. The Morgan fingerprint density at radius 1 is 1.21 bits per heavy atom. The molecule has 6 rings (SSSR count). The summed E-state index contributed by atoms with van der Waals surface area (Å²) in [6.07, 6.45) is 4.03. The van der Waals surface area contributed by atoms with E-state index in [0.717, 1.165) is 40.1 Å². The van der Waals surface area contributed by atoms with Crippen LogP contribution in [-0.2, 0) is 20.0 Å². The number of nitrogens with one attached hydrogen (secondary N) is 1. The van der Waals surface area contributed by atoms with E-state index in [2.05, 4.69) is 20.4 Å². The van der Waals surface area contributed by atoms with Crippen molar-refractivity contribution in [3.8, 4) is 17.0 Å². The maximum atomic E-state index is 14.4. The molecule has 5 heterocycles. The number of amides is 2. The van der Waals surface area contributed by atoms with Crippen LogP contribution in [0.5, 0.6) is 5.75 Å². The summed E-state index contributed by atoms with van der Waals surface area (Å²) in [6, 6.07) is 6.53. The first-order chi connectivity index (χ1) is 18.2. The molecule has 1 N–H and O–H groups in total. The van der Waals surface area contributed by atoms with Crippen LogP contribution in [0.25, 0.3) is 11.3 Å². The topological polar surface area (TPSA) is 85.2 Å². The number of anilines is 2. The van der Waals surface area contributed by atoms with E-state index < -0.39 is 11.9 Å². The predicted molar refractivity (Wildman–Crippen MR) is 143 cm³/mol. The van der Waals surface area contributed by atoms with Gasteiger partial charge < -0.3 is 10.1 Å². The molecular weight excluding hydrogens is 507 g/mol. The summed E-state index contributed by atoms with van der Waals surface area (Å²) in [4.78, 5) is 23.9. The van der Waals surface area contributed by atoms with E-state index in [1.807, 2.05) is 40.0 Å². The molecule has 8 nitrogen and oxygen atoms in total. The number of halogens is 2. The van der Waals surface area contributed by atoms with Crippen molar-refractivity contribution in [2.45, 2.75) is 46.3 Å². The van der Waals surface area contributed by atoms with Crippen molar-refractivity contribution < 1.29 is 13.9 Å². The summed E-state index contributed by atoms with van der Waals surface area (Å²) in [5, 5.41) is 8.00. The second kappa shape index (κ2) is 9.09. The number of aromatic nitrogens is 4. The fraction of sp³-hybridized carbons (Fsp3) is 0.286. The molecule has 0 fully saturated rings. The summed E-state index contributed by atoms with van der Waals surface area (Å²) in [6.45, 7) is 6.11. The highest BCUT2D eigenvalue weighted by Crippen LogP contribution is 2.43. The summed E-state index contributed by atoms with van der Waals surface area (Å²) >= 11 is 6.62. The average molecular weight is 533 g/mol. The van der Waals surface area contributed by atoms with Crippen LogP contribution in [0, 0.1) is 26.6 Å². The van der Waals surface area contributed by atoms with E-state index in [1.54, 1.807) is 28.0 Å². The number of carbonyl (C=O) groups is 1. The highest BCUT2D eigenvalue weighted by atomic mass is 35.5. The molecule has 0 bridgehead atoms. The number of hydrogen-bond acceptors (Lipinski definition) is 5. The van der Waals surface area contributed by atoms with Crippen LogP contribution in [-0.4, -0.2) is 25.8 Å². The Labute approximate surface area is 224 Å². The first-order valence-corrected chi connectivity index (χ1v) is 12.8. The molecule has 0 saturated carbocycles. The molecule has 3 aromatic heterocycles. The van der Waals surface area contributed by atoms with Crippen LogP contribution >= 0.6 is 11.6 Å². The standard InChI is InChI=1S/C28H26ClFN6O2/c1-14-10-17-7-8-22(26-20(30)6-5-9-31-26)38-23(17)11-21(14)36-13-18-19(29)12-32-27(25(18)33-28(36)37)24-15(2)34-35(4)16(24)3/h5-6,9-12,22H,7-8,13H2,1-4H3,(H,33,37). The molecule has 10 heteroatoms. The first-order valence-electron chi connectivity index (χ1n) is 12.4. The summed E-state index contributed by atoms with van der Waals surface area (Å²) in [7, 11) is 1.88. The fourth-order valence-electron chi connectivity index (χ4n) is 5.38. The molecule has 1 unspecified atom stereocenters. The van der Waals surface area contributed by atoms with Gasteiger partial charge in [0.1, 0.15) is 23.4 Å². The molecule has 2 aliphatic rings. The van der Waals surface area contributed by atoms with E-state index in [9.17, 15) is 9.18 Å². The number of carbonyl (C=O) groups excluding carboxylic acids is 1. The first kappa shape index (κ1) is 24.4. The molecular formula is C28H26ClFN6O2. The summed E-state index contributed by atoms with van der Waals surface area (Å²) < 4.78 is 22.4. The zero-order valence-corrected chi connectivity index (χ0v) is 22.2. The van der Waals surface area contributed by atoms with Gasteiger partial charge in [-0.2, -0.15) is 5.10 Å². The smallest absolute Gasteiger partial charge is 0.326 e. The lowest BCUT2D eigenvalue weighted by atomic mass is 9.96. The third-order valence-electron chi connectivity index (χ3n) is 7.38. The molecule has 0 saturated heterocycles. The predicted octanol–water partition coefficient (Wildman–Crippen LogP) is 6.21. The number of nitrogens with zero attached hydrogens (tertiary/aromatic N) is 5. The van der Waals surface area contributed by atoms with E-state index in [0.29, 0.717) is 34.3 Å². The van der Waals surface area contributed by atoms with Gasteiger partial charge in [0.05, 0.1) is 34.3 Å². The van der Waals surface area contributed by atoms with Gasteiger partial charge in [-0.1, -0.05) is 17.7 Å². The molecule has 1 atom stereocenters. The van der Waals surface area contributed by atoms with Gasteiger partial charge in [-0.05, 0) is 56.9 Å². The Kier molecular flexibility index (Phi) is 5.83. The lowest BCUT2D eigenvalue weighted by Gasteiger charge is -2.33. The fourth-order valence-corrected chi connectivity index (χ4v) is 5.58. The van der Waals surface area contributed by atoms with Crippen molar-refractivity contribution in [1.29, 1.82) is 0 Å². The second-order valence-electron chi connectivity index (χ2n) is 9.76. The monoisotopic (exact) mass is 532 g/mol. The van der Waals surface area contributed by atoms with Gasteiger partial charge >= 0.3 is 6.03 Å². The molecule has 0 aliphatic carbocycles. The van der Waals surface area contributed by atoms with Crippen molar-refractivity contribution in [1.82, 2.24) is 19.7 Å². The molecule has 38 heavy (non-hydrogen) atoms. The third-order valence-corrected chi connectivity index (χ3v) is 7.71. The van der Waals surface area contributed by atoms with Gasteiger partial charge in [-0.25, -0.2) is 9.18 Å². The minimum Gasteiger partial charge on any atom is -0.484 e. The quantitative estimate of drug-likeness (QED) is 0.339. The van der Waals surface area contributed by atoms with Crippen LogP contribution in [0.1, 0.15) is 46.3 Å². The maximum absolute atomic E-state index is 14.4. The van der Waals surface area contributed by atoms with Gasteiger partial charge in [0, 0.05) is 42.3 Å². The highest BCUT2D eigenvalue weighted by molar-refractivity contribution is 6.32. The summed E-state index contributed by atoms with van der Waals surface area (Å²) in [5.74, 6) is 0.229. The van der Waals surface area contributed by atoms with Crippen molar-refractivity contribution >= 4 is 29.0 Å². The number of urea groups is 1. The number of aryl methyl sites for hydroxylation is 4. The Balaban J connectivity index is 1.37. The second-order valence-corrected chi connectivity index (χ2v) is 10.2. The van der Waals surface area contributed by atoms with Crippen molar-refractivity contribution in [2.24, 2.45) is 7.05 Å². The molecule has 2 aliphatic heterocycles. The molecule has 0 radical (unpaired) electrons. The third kappa shape index (κ3) is 3.89. The number of ether oxygens (including phenoxy) is 1. The Bertz CT molecular complexity index is 1620. The molecule has 194 valence electrons. The van der Waals surface area contributed by atoms with Gasteiger partial charge in [-0.3, -0.25) is 19.5 Å². The summed E-state index contributed by atoms with van der Waals surface area (Å²) in [5.41, 5.74) is 7.57. The largest absolute Gasteiger partial charge is 0.484 e. The zero-order valence-electron chi connectivity index (χ0n) is 21.5. The van der Waals surface area contributed by atoms with Gasteiger partial charge in [0.2, 0.25) is 0 Å². The van der Waals surface area contributed by atoms with Crippen molar-refractivity contribution in [3.63, 3.8) is 0 Å². The number of hydrogen-bond donors (Lipinski definition) is 1. The van der Waals surface area contributed by atoms with Crippen molar-refractivity contribution in [2.75, 3.05) is 10.2 Å². The van der Waals surface area contributed by atoms with E-state index >= 15 is 0 Å². The molecule has 1 aromatic carbocycles. The lowest BCUT2D eigenvalue weighted by Crippen LogP contribution is -2.39. The van der Waals surface area contributed by atoms with E-state index in [4.69, 9.17) is 16.3 Å².